The fourth-order valence-corrected chi connectivity index (χ4v) is 3.90. The van der Waals surface area contributed by atoms with Crippen molar-refractivity contribution in [2.24, 2.45) is 0 Å². The smallest absolute Gasteiger partial charge is 0.299 e. The molecule has 1 unspecified atom stereocenters. The molecule has 3 aromatic rings. The Morgan fingerprint density at radius 3 is 2.73 bits per heavy atom. The molecule has 0 spiro atoms. The van der Waals surface area contributed by atoms with Crippen LogP contribution in [0, 0.1) is 11.8 Å². The van der Waals surface area contributed by atoms with Gasteiger partial charge in [-0.15, -0.1) is 0 Å². The van der Waals surface area contributed by atoms with Gasteiger partial charge in [0.25, 0.3) is 11.8 Å². The van der Waals surface area contributed by atoms with Gasteiger partial charge in [-0.3, -0.25) is 14.0 Å². The SMILES string of the molecule is CC#CC(=O)N1CCCC1c1nc(-c2ccc(C(=O)NC)cc2)c2c(N)nccn12. The normalized spacial score (nSPS) is 15.7. The summed E-state index contributed by atoms with van der Waals surface area (Å²) in [4.78, 5) is 35.2. The van der Waals surface area contributed by atoms with E-state index in [-0.39, 0.29) is 17.9 Å². The highest BCUT2D eigenvalue weighted by atomic mass is 16.2. The minimum atomic E-state index is -0.199. The number of nitrogens with one attached hydrogen (secondary N) is 1. The number of amides is 2. The van der Waals surface area contributed by atoms with Gasteiger partial charge >= 0.3 is 0 Å². The second-order valence-corrected chi connectivity index (χ2v) is 7.04. The maximum atomic E-state index is 12.5. The van der Waals surface area contributed by atoms with Crippen molar-refractivity contribution in [1.82, 2.24) is 24.6 Å². The van der Waals surface area contributed by atoms with Crippen LogP contribution in [-0.2, 0) is 4.79 Å². The molecule has 1 saturated heterocycles. The molecule has 3 N–H and O–H groups in total. The van der Waals surface area contributed by atoms with E-state index in [2.05, 4.69) is 22.1 Å². The Morgan fingerprint density at radius 1 is 1.27 bits per heavy atom. The minimum Gasteiger partial charge on any atom is -0.382 e. The summed E-state index contributed by atoms with van der Waals surface area (Å²) in [5, 5.41) is 2.61. The van der Waals surface area contributed by atoms with Gasteiger partial charge in [0.15, 0.2) is 0 Å². The fourth-order valence-electron chi connectivity index (χ4n) is 3.90. The van der Waals surface area contributed by atoms with Crippen LogP contribution in [0.1, 0.15) is 42.0 Å². The first-order valence-corrected chi connectivity index (χ1v) is 9.73. The highest BCUT2D eigenvalue weighted by Gasteiger charge is 2.33. The van der Waals surface area contributed by atoms with E-state index >= 15 is 0 Å². The molecule has 0 aliphatic carbocycles. The molecule has 1 aromatic carbocycles. The Morgan fingerprint density at radius 2 is 2.03 bits per heavy atom. The third-order valence-electron chi connectivity index (χ3n) is 5.30. The maximum absolute atomic E-state index is 12.5. The lowest BCUT2D eigenvalue weighted by molar-refractivity contribution is -0.126. The molecule has 2 amide bonds. The van der Waals surface area contributed by atoms with Gasteiger partial charge in [0.1, 0.15) is 22.9 Å². The molecule has 8 heteroatoms. The molecule has 2 aromatic heterocycles. The largest absolute Gasteiger partial charge is 0.382 e. The molecular formula is C22H22N6O2. The first-order valence-electron chi connectivity index (χ1n) is 9.73. The number of hydrogen-bond acceptors (Lipinski definition) is 5. The number of anilines is 1. The first-order chi connectivity index (χ1) is 14.5. The molecule has 4 rings (SSSR count). The van der Waals surface area contributed by atoms with Gasteiger partial charge in [-0.25, -0.2) is 9.97 Å². The zero-order chi connectivity index (χ0) is 21.3. The second-order valence-electron chi connectivity index (χ2n) is 7.04. The molecule has 30 heavy (non-hydrogen) atoms. The third-order valence-corrected chi connectivity index (χ3v) is 5.30. The maximum Gasteiger partial charge on any atom is 0.299 e. The van der Waals surface area contributed by atoms with Gasteiger partial charge in [0.2, 0.25) is 0 Å². The predicted molar refractivity (Wildman–Crippen MR) is 113 cm³/mol. The molecule has 1 aliphatic rings. The molecule has 1 fully saturated rings. The average molecular weight is 402 g/mol. The number of rotatable bonds is 3. The number of carbonyl (C=O) groups excluding carboxylic acids is 2. The van der Waals surface area contributed by atoms with Gasteiger partial charge in [-0.1, -0.05) is 18.1 Å². The standard InChI is InChI=1S/C22H22N6O2/c1-3-5-17(29)27-12-4-6-16(27)21-26-18(19-20(23)25-11-13-28(19)21)14-7-9-15(10-8-14)22(30)24-2/h7-11,13,16H,4,6,12H2,1-2H3,(H2,23,25)(H,24,30). The number of nitrogens with zero attached hydrogens (tertiary/aromatic N) is 4. The van der Waals surface area contributed by atoms with Crippen LogP contribution in [0.3, 0.4) is 0 Å². The minimum absolute atomic E-state index is 0.157. The van der Waals surface area contributed by atoms with Crippen LogP contribution < -0.4 is 11.1 Å². The van der Waals surface area contributed by atoms with Crippen molar-refractivity contribution in [3.63, 3.8) is 0 Å². The second kappa shape index (κ2) is 7.87. The van der Waals surface area contributed by atoms with Crippen LogP contribution in [-0.4, -0.2) is 44.7 Å². The number of imidazole rings is 1. The van der Waals surface area contributed by atoms with Gasteiger partial charge in [-0.2, -0.15) is 0 Å². The number of nitrogen functional groups attached to an aromatic ring is 1. The molecule has 1 aliphatic heterocycles. The van der Waals surface area contributed by atoms with E-state index in [0.717, 1.165) is 24.2 Å². The number of fused-ring (bicyclic) bond motifs is 1. The number of hydrogen-bond donors (Lipinski definition) is 2. The van der Waals surface area contributed by atoms with Gasteiger partial charge in [-0.05, 0) is 37.8 Å². The number of aromatic nitrogens is 3. The summed E-state index contributed by atoms with van der Waals surface area (Å²) in [6.45, 7) is 2.30. The fraction of sp³-hybridized carbons (Fsp3) is 0.273. The van der Waals surface area contributed by atoms with Crippen LogP contribution in [0.25, 0.3) is 16.8 Å². The molecule has 1 atom stereocenters. The van der Waals surface area contributed by atoms with Crippen LogP contribution in [0.15, 0.2) is 36.7 Å². The van der Waals surface area contributed by atoms with Gasteiger partial charge in [0.05, 0.1) is 6.04 Å². The quantitative estimate of drug-likeness (QED) is 0.652. The van der Waals surface area contributed by atoms with E-state index in [1.807, 2.05) is 22.7 Å². The number of likely N-dealkylation sites (tertiary alicyclic amines) is 1. The van der Waals surface area contributed by atoms with Gasteiger partial charge < -0.3 is 16.0 Å². The van der Waals surface area contributed by atoms with Gasteiger partial charge in [0, 0.05) is 37.1 Å². The third kappa shape index (κ3) is 3.24. The highest BCUT2D eigenvalue weighted by Crippen LogP contribution is 2.36. The predicted octanol–water partition coefficient (Wildman–Crippen LogP) is 2.02. The summed E-state index contributed by atoms with van der Waals surface area (Å²) in [7, 11) is 1.59. The van der Waals surface area contributed by atoms with E-state index in [0.29, 0.717) is 29.1 Å². The first kappa shape index (κ1) is 19.5. The van der Waals surface area contributed by atoms with Crippen molar-refractivity contribution in [2.45, 2.75) is 25.8 Å². The van der Waals surface area contributed by atoms with Crippen molar-refractivity contribution >= 4 is 23.1 Å². The Balaban J connectivity index is 1.84. The van der Waals surface area contributed by atoms with Crippen LogP contribution >= 0.6 is 0 Å². The molecule has 0 bridgehead atoms. The van der Waals surface area contributed by atoms with E-state index < -0.39 is 0 Å². The zero-order valence-corrected chi connectivity index (χ0v) is 16.8. The molecule has 0 saturated carbocycles. The number of carbonyl (C=O) groups is 2. The summed E-state index contributed by atoms with van der Waals surface area (Å²) < 4.78 is 1.90. The summed E-state index contributed by atoms with van der Waals surface area (Å²) in [6, 6.07) is 6.97. The number of nitrogens with two attached hydrogens (primary N) is 1. The highest BCUT2D eigenvalue weighted by molar-refractivity contribution is 5.95. The van der Waals surface area contributed by atoms with Crippen molar-refractivity contribution in [3.8, 4) is 23.1 Å². The zero-order valence-electron chi connectivity index (χ0n) is 16.8. The Bertz CT molecular complexity index is 1190. The molecule has 3 heterocycles. The summed E-state index contributed by atoms with van der Waals surface area (Å²) in [5.41, 5.74) is 8.93. The molecular weight excluding hydrogens is 380 g/mol. The number of benzene rings is 1. The van der Waals surface area contributed by atoms with Crippen molar-refractivity contribution < 1.29 is 9.59 Å². The lowest BCUT2D eigenvalue weighted by Gasteiger charge is -2.21. The topological polar surface area (TPSA) is 106 Å². The van der Waals surface area contributed by atoms with Crippen molar-refractivity contribution in [3.05, 3.63) is 48.0 Å². The Kier molecular flexibility index (Phi) is 5.11. The summed E-state index contributed by atoms with van der Waals surface area (Å²) in [6.07, 6.45) is 5.11. The van der Waals surface area contributed by atoms with E-state index in [1.165, 1.54) is 0 Å². The van der Waals surface area contributed by atoms with Crippen molar-refractivity contribution in [1.29, 1.82) is 0 Å². The van der Waals surface area contributed by atoms with Crippen LogP contribution in [0.5, 0.6) is 0 Å². The van der Waals surface area contributed by atoms with Crippen LogP contribution in [0.4, 0.5) is 5.82 Å². The molecule has 8 nitrogen and oxygen atoms in total. The van der Waals surface area contributed by atoms with E-state index in [4.69, 9.17) is 10.7 Å². The lowest BCUT2D eigenvalue weighted by Crippen LogP contribution is -2.30. The monoisotopic (exact) mass is 402 g/mol. The lowest BCUT2D eigenvalue weighted by atomic mass is 10.1. The Hall–Kier alpha value is -3.86. The van der Waals surface area contributed by atoms with E-state index in [1.54, 1.807) is 37.2 Å². The average Bonchev–Trinajstić information content (AvgIpc) is 3.39. The molecule has 152 valence electrons. The van der Waals surface area contributed by atoms with E-state index in [9.17, 15) is 9.59 Å². The summed E-state index contributed by atoms with van der Waals surface area (Å²) in [5.74, 6) is 6.04. The molecule has 0 radical (unpaired) electrons. The van der Waals surface area contributed by atoms with Crippen LogP contribution in [0.2, 0.25) is 0 Å². The Labute approximate surface area is 174 Å². The summed E-state index contributed by atoms with van der Waals surface area (Å²) >= 11 is 0. The van der Waals surface area contributed by atoms with Crippen molar-refractivity contribution in [2.75, 3.05) is 19.3 Å².